The molecule has 3 amide bonds. The van der Waals surface area contributed by atoms with Gasteiger partial charge in [-0.05, 0) is 12.1 Å². The van der Waals surface area contributed by atoms with E-state index >= 15 is 0 Å². The van der Waals surface area contributed by atoms with Crippen LogP contribution >= 0.6 is 11.8 Å². The number of rotatable bonds is 5. The fourth-order valence-corrected chi connectivity index (χ4v) is 2.67. The molecule has 0 unspecified atom stereocenters. The number of hydrogen-bond donors (Lipinski definition) is 2. The van der Waals surface area contributed by atoms with E-state index in [4.69, 9.17) is 0 Å². The lowest BCUT2D eigenvalue weighted by atomic mass is 10.2. The van der Waals surface area contributed by atoms with E-state index < -0.39 is 41.5 Å². The molecule has 1 aliphatic heterocycles. The normalized spacial score (nSPS) is 14.0. The van der Waals surface area contributed by atoms with Crippen LogP contribution in [0.3, 0.4) is 0 Å². The Hall–Kier alpha value is -2.23. The standard InChI is InChI=1S/C13H12F3N3O3S/c14-7-1-2-8(13(16)12(7)15)18-9(20)3-17-10(21)4-19-6-23-5-11(19)22/h1-2H,3-6H2,(H,17,21)(H,18,20). The average molecular weight is 347 g/mol. The molecule has 2 rings (SSSR count). The zero-order chi connectivity index (χ0) is 17.0. The second-order valence-corrected chi connectivity index (χ2v) is 5.57. The summed E-state index contributed by atoms with van der Waals surface area (Å²) in [6.45, 7) is -0.676. The Morgan fingerprint density at radius 2 is 1.91 bits per heavy atom. The number of hydrogen-bond acceptors (Lipinski definition) is 4. The molecule has 0 bridgehead atoms. The van der Waals surface area contributed by atoms with Crippen LogP contribution in [0, 0.1) is 17.5 Å². The highest BCUT2D eigenvalue weighted by molar-refractivity contribution is 8.00. The van der Waals surface area contributed by atoms with E-state index in [0.29, 0.717) is 17.7 Å². The van der Waals surface area contributed by atoms with Gasteiger partial charge in [0.1, 0.15) is 6.54 Å². The van der Waals surface area contributed by atoms with E-state index in [1.807, 2.05) is 5.32 Å². The number of nitrogens with zero attached hydrogens (tertiary/aromatic N) is 1. The topological polar surface area (TPSA) is 78.5 Å². The van der Waals surface area contributed by atoms with Gasteiger partial charge in [-0.25, -0.2) is 13.2 Å². The predicted molar refractivity (Wildman–Crippen MR) is 77.0 cm³/mol. The van der Waals surface area contributed by atoms with Crippen LogP contribution < -0.4 is 10.6 Å². The van der Waals surface area contributed by atoms with Crippen molar-refractivity contribution in [3.05, 3.63) is 29.6 Å². The average Bonchev–Trinajstić information content (AvgIpc) is 2.91. The van der Waals surface area contributed by atoms with E-state index in [9.17, 15) is 27.6 Å². The Labute approximate surface area is 133 Å². The Morgan fingerprint density at radius 3 is 2.57 bits per heavy atom. The van der Waals surface area contributed by atoms with Crippen LogP contribution in [0.2, 0.25) is 0 Å². The van der Waals surface area contributed by atoms with Crippen molar-refractivity contribution in [2.45, 2.75) is 0 Å². The Morgan fingerprint density at radius 1 is 1.17 bits per heavy atom. The molecule has 1 fully saturated rings. The first-order chi connectivity index (χ1) is 10.9. The van der Waals surface area contributed by atoms with Gasteiger partial charge in [0.25, 0.3) is 0 Å². The van der Waals surface area contributed by atoms with E-state index in [0.717, 1.165) is 6.07 Å². The SMILES string of the molecule is O=C(CN1CSCC1=O)NCC(=O)Nc1ccc(F)c(F)c1F. The molecule has 6 nitrogen and oxygen atoms in total. The summed E-state index contributed by atoms with van der Waals surface area (Å²) in [5, 5.41) is 4.27. The first-order valence-corrected chi connectivity index (χ1v) is 7.59. The fourth-order valence-electron chi connectivity index (χ4n) is 1.77. The molecule has 0 aromatic heterocycles. The van der Waals surface area contributed by atoms with Crippen molar-refractivity contribution >= 4 is 35.2 Å². The molecule has 124 valence electrons. The molecular weight excluding hydrogens is 335 g/mol. The van der Waals surface area contributed by atoms with Gasteiger partial charge >= 0.3 is 0 Å². The predicted octanol–water partition coefficient (Wildman–Crippen LogP) is 0.691. The number of benzene rings is 1. The maximum absolute atomic E-state index is 13.4. The Balaban J connectivity index is 1.82. The summed E-state index contributed by atoms with van der Waals surface area (Å²) in [4.78, 5) is 35.8. The third kappa shape index (κ3) is 4.38. The van der Waals surface area contributed by atoms with E-state index in [-0.39, 0.29) is 12.5 Å². The molecule has 0 aliphatic carbocycles. The Bertz CT molecular complexity index is 657. The number of anilines is 1. The first kappa shape index (κ1) is 17.1. The molecular formula is C13H12F3N3O3S. The van der Waals surface area contributed by atoms with Gasteiger partial charge in [-0.3, -0.25) is 14.4 Å². The van der Waals surface area contributed by atoms with Crippen molar-refractivity contribution in [1.82, 2.24) is 10.2 Å². The quantitative estimate of drug-likeness (QED) is 0.769. The molecule has 0 atom stereocenters. The third-order valence-corrected chi connectivity index (χ3v) is 3.86. The van der Waals surface area contributed by atoms with Gasteiger partial charge in [0.05, 0.1) is 23.9 Å². The minimum absolute atomic E-state index is 0.168. The van der Waals surface area contributed by atoms with Crippen molar-refractivity contribution in [1.29, 1.82) is 0 Å². The van der Waals surface area contributed by atoms with E-state index in [1.54, 1.807) is 0 Å². The second kappa shape index (κ2) is 7.36. The number of carbonyl (C=O) groups excluding carboxylic acids is 3. The van der Waals surface area contributed by atoms with Crippen LogP contribution in [0.5, 0.6) is 0 Å². The highest BCUT2D eigenvalue weighted by Gasteiger charge is 2.23. The summed E-state index contributed by atoms with van der Waals surface area (Å²) < 4.78 is 39.1. The van der Waals surface area contributed by atoms with Crippen molar-refractivity contribution in [3.8, 4) is 0 Å². The lowest BCUT2D eigenvalue weighted by Crippen LogP contribution is -2.41. The van der Waals surface area contributed by atoms with Gasteiger partial charge in [0.2, 0.25) is 17.7 Å². The molecule has 23 heavy (non-hydrogen) atoms. The molecule has 1 saturated heterocycles. The molecule has 1 heterocycles. The van der Waals surface area contributed by atoms with Gasteiger partial charge in [0.15, 0.2) is 17.5 Å². The minimum Gasteiger partial charge on any atom is -0.345 e. The van der Waals surface area contributed by atoms with Gasteiger partial charge in [-0.2, -0.15) is 0 Å². The summed E-state index contributed by atoms with van der Waals surface area (Å²) in [7, 11) is 0. The lowest BCUT2D eigenvalue weighted by Gasteiger charge is -2.14. The first-order valence-electron chi connectivity index (χ1n) is 6.44. The third-order valence-electron chi connectivity index (χ3n) is 2.92. The largest absolute Gasteiger partial charge is 0.345 e. The maximum atomic E-state index is 13.4. The van der Waals surface area contributed by atoms with Crippen LogP contribution in [0.15, 0.2) is 12.1 Å². The van der Waals surface area contributed by atoms with Gasteiger partial charge in [-0.15, -0.1) is 11.8 Å². The highest BCUT2D eigenvalue weighted by Crippen LogP contribution is 2.19. The number of carbonyl (C=O) groups is 3. The molecule has 2 N–H and O–H groups in total. The van der Waals surface area contributed by atoms with Crippen molar-refractivity contribution in [3.63, 3.8) is 0 Å². The van der Waals surface area contributed by atoms with Crippen molar-refractivity contribution < 1.29 is 27.6 Å². The highest BCUT2D eigenvalue weighted by atomic mass is 32.2. The number of amides is 3. The molecule has 0 spiro atoms. The van der Waals surface area contributed by atoms with Gasteiger partial charge in [0, 0.05) is 0 Å². The van der Waals surface area contributed by atoms with Crippen LogP contribution in [-0.2, 0) is 14.4 Å². The number of nitrogens with one attached hydrogen (secondary N) is 2. The smallest absolute Gasteiger partial charge is 0.243 e. The maximum Gasteiger partial charge on any atom is 0.243 e. The molecule has 1 aliphatic rings. The monoisotopic (exact) mass is 347 g/mol. The zero-order valence-electron chi connectivity index (χ0n) is 11.7. The number of halogens is 3. The summed E-state index contributed by atoms with van der Waals surface area (Å²) in [5.74, 6) is -5.42. The molecule has 10 heteroatoms. The fraction of sp³-hybridized carbons (Fsp3) is 0.308. The Kier molecular flexibility index (Phi) is 5.48. The second-order valence-electron chi connectivity index (χ2n) is 4.62. The lowest BCUT2D eigenvalue weighted by molar-refractivity contribution is -0.132. The van der Waals surface area contributed by atoms with Crippen LogP contribution in [0.4, 0.5) is 18.9 Å². The molecule has 1 aromatic rings. The molecule has 0 saturated carbocycles. The van der Waals surface area contributed by atoms with Crippen molar-refractivity contribution in [2.75, 3.05) is 30.0 Å². The van der Waals surface area contributed by atoms with Crippen LogP contribution in [0.1, 0.15) is 0 Å². The number of thioether (sulfide) groups is 1. The minimum atomic E-state index is -1.70. The zero-order valence-corrected chi connectivity index (χ0v) is 12.5. The van der Waals surface area contributed by atoms with E-state index in [2.05, 4.69) is 5.32 Å². The summed E-state index contributed by atoms with van der Waals surface area (Å²) in [5.41, 5.74) is -0.533. The van der Waals surface area contributed by atoms with Crippen LogP contribution in [-0.4, -0.2) is 47.3 Å². The summed E-state index contributed by atoms with van der Waals surface area (Å²) in [6, 6.07) is 1.54. The summed E-state index contributed by atoms with van der Waals surface area (Å²) >= 11 is 1.37. The van der Waals surface area contributed by atoms with Crippen molar-refractivity contribution in [2.24, 2.45) is 0 Å². The summed E-state index contributed by atoms with van der Waals surface area (Å²) in [6.07, 6.45) is 0. The molecule has 1 aromatic carbocycles. The van der Waals surface area contributed by atoms with E-state index in [1.165, 1.54) is 16.7 Å². The van der Waals surface area contributed by atoms with Gasteiger partial charge < -0.3 is 15.5 Å². The molecule has 0 radical (unpaired) electrons. The van der Waals surface area contributed by atoms with Crippen LogP contribution in [0.25, 0.3) is 0 Å². The van der Waals surface area contributed by atoms with Gasteiger partial charge in [-0.1, -0.05) is 0 Å².